The van der Waals surface area contributed by atoms with Crippen molar-refractivity contribution in [3.05, 3.63) is 84.7 Å². The fourth-order valence-corrected chi connectivity index (χ4v) is 4.21. The van der Waals surface area contributed by atoms with Crippen molar-refractivity contribution in [1.29, 1.82) is 0 Å². The Morgan fingerprint density at radius 1 is 0.875 bits per heavy atom. The van der Waals surface area contributed by atoms with E-state index in [2.05, 4.69) is 20.4 Å². The highest BCUT2D eigenvalue weighted by molar-refractivity contribution is 6.02. The van der Waals surface area contributed by atoms with Crippen molar-refractivity contribution >= 4 is 28.2 Å². The van der Waals surface area contributed by atoms with Gasteiger partial charge in [-0.15, -0.1) is 10.2 Å². The van der Waals surface area contributed by atoms with Crippen LogP contribution in [0.1, 0.15) is 12.8 Å². The highest BCUT2D eigenvalue weighted by Gasteiger charge is 2.26. The minimum absolute atomic E-state index is 0.0309. The molecule has 1 amide bonds. The summed E-state index contributed by atoms with van der Waals surface area (Å²) in [6, 6.07) is 24.1. The van der Waals surface area contributed by atoms with E-state index < -0.39 is 0 Å². The van der Waals surface area contributed by atoms with Crippen LogP contribution < -0.4 is 10.2 Å². The average Bonchev–Trinajstić information content (AvgIpc) is 2.85. The highest BCUT2D eigenvalue weighted by Crippen LogP contribution is 2.27. The molecule has 1 N–H and O–H groups in total. The van der Waals surface area contributed by atoms with Gasteiger partial charge in [-0.05, 0) is 60.7 Å². The van der Waals surface area contributed by atoms with Crippen LogP contribution in [0.3, 0.4) is 0 Å². The quantitative estimate of drug-likeness (QED) is 0.482. The van der Waals surface area contributed by atoms with Crippen molar-refractivity contribution in [3.63, 3.8) is 0 Å². The predicted octanol–water partition coefficient (Wildman–Crippen LogP) is 5.29. The topological polar surface area (TPSA) is 58.1 Å². The second kappa shape index (κ2) is 8.75. The molecule has 4 aromatic rings. The molecule has 1 aliphatic rings. The molecule has 0 radical (unpaired) electrons. The smallest absolute Gasteiger partial charge is 0.227 e. The largest absolute Gasteiger partial charge is 0.355 e. The first-order chi connectivity index (χ1) is 15.7. The van der Waals surface area contributed by atoms with Crippen molar-refractivity contribution in [2.24, 2.45) is 5.92 Å². The second-order valence-corrected chi connectivity index (χ2v) is 8.06. The van der Waals surface area contributed by atoms with Gasteiger partial charge in [0.25, 0.3) is 0 Å². The molecule has 32 heavy (non-hydrogen) atoms. The van der Waals surface area contributed by atoms with Crippen LogP contribution in [-0.2, 0) is 4.79 Å². The van der Waals surface area contributed by atoms with Crippen molar-refractivity contribution < 1.29 is 9.18 Å². The summed E-state index contributed by atoms with van der Waals surface area (Å²) in [6.07, 6.45) is 1.52. The predicted molar refractivity (Wildman–Crippen MR) is 125 cm³/mol. The molecule has 0 saturated carbocycles. The van der Waals surface area contributed by atoms with Crippen molar-refractivity contribution in [1.82, 2.24) is 10.2 Å². The first-order valence-corrected chi connectivity index (χ1v) is 10.8. The van der Waals surface area contributed by atoms with Crippen LogP contribution in [0.15, 0.2) is 78.9 Å². The van der Waals surface area contributed by atoms with Gasteiger partial charge in [-0.1, -0.05) is 36.4 Å². The van der Waals surface area contributed by atoms with Gasteiger partial charge in [0.05, 0.1) is 5.69 Å². The molecule has 5 rings (SSSR count). The van der Waals surface area contributed by atoms with E-state index in [4.69, 9.17) is 0 Å². The van der Waals surface area contributed by atoms with Crippen molar-refractivity contribution in [2.75, 3.05) is 23.3 Å². The number of carbonyl (C=O) groups is 1. The van der Waals surface area contributed by atoms with Gasteiger partial charge in [0, 0.05) is 35.6 Å². The van der Waals surface area contributed by atoms with Crippen molar-refractivity contribution in [2.45, 2.75) is 12.8 Å². The number of rotatable bonds is 4. The van der Waals surface area contributed by atoms with Crippen LogP contribution in [-0.4, -0.2) is 29.2 Å². The molecule has 1 saturated heterocycles. The standard InChI is InChI=1S/C26H23FN4O/c27-21-10-8-19(9-11-21)23-12-13-25(30-29-23)31-16-14-20(15-17-31)26(32)28-24-7-3-5-18-4-1-2-6-22(18)24/h1-13,20H,14-17H2,(H,28,32). The number of halogens is 1. The summed E-state index contributed by atoms with van der Waals surface area (Å²) in [6.45, 7) is 1.50. The fourth-order valence-electron chi connectivity index (χ4n) is 4.21. The molecule has 3 aromatic carbocycles. The van der Waals surface area contributed by atoms with Crippen LogP contribution in [0.25, 0.3) is 22.0 Å². The number of hydrogen-bond donors (Lipinski definition) is 1. The molecule has 2 heterocycles. The van der Waals surface area contributed by atoms with Gasteiger partial charge >= 0.3 is 0 Å². The van der Waals surface area contributed by atoms with E-state index >= 15 is 0 Å². The molecule has 0 aliphatic carbocycles. The number of fused-ring (bicyclic) bond motifs is 1. The number of nitrogens with zero attached hydrogens (tertiary/aromatic N) is 3. The maximum Gasteiger partial charge on any atom is 0.227 e. The number of amides is 1. The Bertz CT molecular complexity index is 1230. The van der Waals surface area contributed by atoms with Gasteiger partial charge in [0.2, 0.25) is 5.91 Å². The third-order valence-electron chi connectivity index (χ3n) is 6.03. The van der Waals surface area contributed by atoms with Gasteiger partial charge < -0.3 is 10.2 Å². The number of benzene rings is 3. The van der Waals surface area contributed by atoms with Crippen LogP contribution in [0.2, 0.25) is 0 Å². The monoisotopic (exact) mass is 426 g/mol. The fraction of sp³-hybridized carbons (Fsp3) is 0.192. The molecule has 6 heteroatoms. The first-order valence-electron chi connectivity index (χ1n) is 10.8. The zero-order valence-corrected chi connectivity index (χ0v) is 17.5. The number of piperidine rings is 1. The number of carbonyl (C=O) groups excluding carboxylic acids is 1. The molecule has 160 valence electrons. The van der Waals surface area contributed by atoms with Gasteiger partial charge in [-0.3, -0.25) is 4.79 Å². The zero-order valence-electron chi connectivity index (χ0n) is 17.5. The van der Waals surface area contributed by atoms with Crippen LogP contribution >= 0.6 is 0 Å². The highest BCUT2D eigenvalue weighted by atomic mass is 19.1. The van der Waals surface area contributed by atoms with E-state index in [0.717, 1.165) is 53.8 Å². The Kier molecular flexibility index (Phi) is 5.50. The summed E-state index contributed by atoms with van der Waals surface area (Å²) in [7, 11) is 0. The summed E-state index contributed by atoms with van der Waals surface area (Å²) in [5.74, 6) is 0.560. The van der Waals surface area contributed by atoms with E-state index in [-0.39, 0.29) is 17.6 Å². The maximum absolute atomic E-state index is 13.1. The normalized spacial score (nSPS) is 14.5. The summed E-state index contributed by atoms with van der Waals surface area (Å²) >= 11 is 0. The average molecular weight is 426 g/mol. The van der Waals surface area contributed by atoms with Crippen LogP contribution in [0.5, 0.6) is 0 Å². The number of anilines is 2. The van der Waals surface area contributed by atoms with Crippen LogP contribution in [0, 0.1) is 11.7 Å². The van der Waals surface area contributed by atoms with E-state index in [9.17, 15) is 9.18 Å². The Morgan fingerprint density at radius 3 is 2.38 bits per heavy atom. The molecule has 1 fully saturated rings. The molecule has 0 spiro atoms. The Balaban J connectivity index is 1.21. The molecule has 1 aromatic heterocycles. The first kappa shape index (κ1) is 20.1. The Labute approximate surface area is 185 Å². The number of aromatic nitrogens is 2. The van der Waals surface area contributed by atoms with Gasteiger partial charge in [0.15, 0.2) is 5.82 Å². The summed E-state index contributed by atoms with van der Waals surface area (Å²) in [5.41, 5.74) is 2.39. The molecule has 0 unspecified atom stereocenters. The third-order valence-corrected chi connectivity index (χ3v) is 6.03. The lowest BCUT2D eigenvalue weighted by Gasteiger charge is -2.32. The molecular formula is C26H23FN4O. The lowest BCUT2D eigenvalue weighted by molar-refractivity contribution is -0.120. The molecule has 1 aliphatic heterocycles. The van der Waals surface area contributed by atoms with E-state index in [1.54, 1.807) is 12.1 Å². The lowest BCUT2D eigenvalue weighted by Crippen LogP contribution is -2.38. The molecule has 5 nitrogen and oxygen atoms in total. The SMILES string of the molecule is O=C(Nc1cccc2ccccc12)C1CCN(c2ccc(-c3ccc(F)cc3)nn2)CC1. The number of hydrogen-bond acceptors (Lipinski definition) is 4. The second-order valence-electron chi connectivity index (χ2n) is 8.06. The molecule has 0 atom stereocenters. The van der Waals surface area contributed by atoms with Crippen molar-refractivity contribution in [3.8, 4) is 11.3 Å². The van der Waals surface area contributed by atoms with E-state index in [1.807, 2.05) is 54.6 Å². The Hall–Kier alpha value is -3.80. The lowest BCUT2D eigenvalue weighted by atomic mass is 9.95. The molecule has 0 bridgehead atoms. The summed E-state index contributed by atoms with van der Waals surface area (Å²) in [5, 5.41) is 13.9. The zero-order chi connectivity index (χ0) is 21.9. The van der Waals surface area contributed by atoms with E-state index in [1.165, 1.54) is 12.1 Å². The van der Waals surface area contributed by atoms with Gasteiger partial charge in [0.1, 0.15) is 5.82 Å². The third kappa shape index (κ3) is 4.17. The Morgan fingerprint density at radius 2 is 1.62 bits per heavy atom. The minimum Gasteiger partial charge on any atom is -0.355 e. The number of nitrogens with one attached hydrogen (secondary N) is 1. The van der Waals surface area contributed by atoms with Crippen LogP contribution in [0.4, 0.5) is 15.9 Å². The summed E-state index contributed by atoms with van der Waals surface area (Å²) < 4.78 is 13.1. The maximum atomic E-state index is 13.1. The van der Waals surface area contributed by atoms with Gasteiger partial charge in [-0.2, -0.15) is 0 Å². The summed E-state index contributed by atoms with van der Waals surface area (Å²) in [4.78, 5) is 15.1. The molecular weight excluding hydrogens is 403 g/mol. The van der Waals surface area contributed by atoms with E-state index in [0.29, 0.717) is 5.69 Å². The van der Waals surface area contributed by atoms with Gasteiger partial charge in [-0.25, -0.2) is 4.39 Å². The minimum atomic E-state index is -0.273.